The lowest BCUT2D eigenvalue weighted by atomic mass is 10.1. The van der Waals surface area contributed by atoms with E-state index >= 15 is 0 Å². The van der Waals surface area contributed by atoms with Crippen molar-refractivity contribution in [2.45, 2.75) is 6.54 Å². The molecule has 2 aliphatic heterocycles. The Kier molecular flexibility index (Phi) is 6.16. The van der Waals surface area contributed by atoms with E-state index in [-0.39, 0.29) is 11.4 Å². The highest BCUT2D eigenvalue weighted by Crippen LogP contribution is 2.37. The van der Waals surface area contributed by atoms with Gasteiger partial charge in [-0.05, 0) is 42.0 Å². The summed E-state index contributed by atoms with van der Waals surface area (Å²) in [7, 11) is 0. The lowest BCUT2D eigenvalue weighted by Crippen LogP contribution is -2.38. The van der Waals surface area contributed by atoms with E-state index < -0.39 is 5.91 Å². The van der Waals surface area contributed by atoms with E-state index in [1.807, 2.05) is 78.3 Å². The summed E-state index contributed by atoms with van der Waals surface area (Å²) < 4.78 is 7.99. The van der Waals surface area contributed by atoms with E-state index in [2.05, 4.69) is 9.56 Å². The van der Waals surface area contributed by atoms with Crippen LogP contribution >= 0.6 is 23.4 Å². The van der Waals surface area contributed by atoms with E-state index in [1.165, 1.54) is 11.8 Å². The van der Waals surface area contributed by atoms with Crippen LogP contribution in [0, 0.1) is 5.41 Å². The number of thioether (sulfide) groups is 1. The highest BCUT2D eigenvalue weighted by atomic mass is 35.5. The predicted molar refractivity (Wildman–Crippen MR) is 151 cm³/mol. The number of halogens is 1. The summed E-state index contributed by atoms with van der Waals surface area (Å²) in [4.78, 5) is 19.0. The molecule has 3 heterocycles. The summed E-state index contributed by atoms with van der Waals surface area (Å²) in [5.41, 5.74) is 3.94. The van der Waals surface area contributed by atoms with Crippen LogP contribution in [0.5, 0.6) is 5.75 Å². The zero-order chi connectivity index (χ0) is 25.4. The summed E-state index contributed by atoms with van der Waals surface area (Å²) in [6.45, 7) is 1.08. The maximum absolute atomic E-state index is 13.0. The molecule has 3 aromatic carbocycles. The quantitative estimate of drug-likeness (QED) is 0.286. The van der Waals surface area contributed by atoms with E-state index in [1.54, 1.807) is 23.1 Å². The number of para-hydroxylation sites is 1. The van der Waals surface area contributed by atoms with Gasteiger partial charge in [-0.25, -0.2) is 0 Å². The fourth-order valence-electron chi connectivity index (χ4n) is 4.44. The Balaban J connectivity index is 1.30. The first-order chi connectivity index (χ1) is 18.1. The van der Waals surface area contributed by atoms with Gasteiger partial charge in [-0.15, -0.1) is 0 Å². The molecule has 1 amide bonds. The number of nitrogens with zero attached hydrogens (tertiary/aromatic N) is 3. The molecule has 1 aromatic heterocycles. The second kappa shape index (κ2) is 9.76. The number of hydrogen-bond donors (Lipinski definition) is 1. The molecule has 0 atom stereocenters. The monoisotopic (exact) mass is 524 g/mol. The molecule has 0 fully saturated rings. The molecule has 0 bridgehead atoms. The van der Waals surface area contributed by atoms with Crippen LogP contribution in [0.4, 0.5) is 0 Å². The van der Waals surface area contributed by atoms with Gasteiger partial charge in [0.05, 0.1) is 17.8 Å². The van der Waals surface area contributed by atoms with E-state index in [0.29, 0.717) is 23.3 Å². The smallest absolute Gasteiger partial charge is 0.283 e. The largest absolute Gasteiger partial charge is 0.492 e. The lowest BCUT2D eigenvalue weighted by Gasteiger charge is -2.26. The summed E-state index contributed by atoms with van der Waals surface area (Å²) in [5, 5.41) is 13.0. The van der Waals surface area contributed by atoms with Gasteiger partial charge < -0.3 is 9.30 Å². The highest BCUT2D eigenvalue weighted by Gasteiger charge is 2.36. The van der Waals surface area contributed by atoms with Crippen molar-refractivity contribution in [3.05, 3.63) is 112 Å². The van der Waals surface area contributed by atoms with Crippen LogP contribution in [0.25, 0.3) is 22.7 Å². The number of amides is 1. The van der Waals surface area contributed by atoms with E-state index in [0.717, 1.165) is 33.5 Å². The normalized spacial score (nSPS) is 16.2. The Bertz CT molecular complexity index is 1620. The molecule has 0 saturated carbocycles. The van der Waals surface area contributed by atoms with Crippen molar-refractivity contribution in [1.82, 2.24) is 9.47 Å². The molecule has 0 spiro atoms. The second-order valence-electron chi connectivity index (χ2n) is 8.53. The molecular weight excluding hydrogens is 504 g/mol. The van der Waals surface area contributed by atoms with Gasteiger partial charge in [0, 0.05) is 33.1 Å². The van der Waals surface area contributed by atoms with Crippen molar-refractivity contribution in [1.29, 1.82) is 5.41 Å². The summed E-state index contributed by atoms with van der Waals surface area (Å²) in [6, 6.07) is 25.1. The van der Waals surface area contributed by atoms with Gasteiger partial charge >= 0.3 is 0 Å². The first kappa shape index (κ1) is 23.3. The Hall–Kier alpha value is -4.07. The number of aliphatic imine (C=N–C) groups is 1. The van der Waals surface area contributed by atoms with Crippen LogP contribution in [0.3, 0.4) is 0 Å². The van der Waals surface area contributed by atoms with Gasteiger partial charge in [0.2, 0.25) is 0 Å². The molecular formula is C29H21ClN4O2S. The van der Waals surface area contributed by atoms with Crippen LogP contribution in [-0.4, -0.2) is 33.0 Å². The zero-order valence-corrected chi connectivity index (χ0v) is 21.2. The van der Waals surface area contributed by atoms with Crippen molar-refractivity contribution in [3.63, 3.8) is 0 Å². The van der Waals surface area contributed by atoms with Gasteiger partial charge in [0.15, 0.2) is 5.17 Å². The minimum atomic E-state index is -0.408. The number of hydrogen-bond acceptors (Lipinski definition) is 4. The molecule has 37 heavy (non-hydrogen) atoms. The fraction of sp³-hybridized carbons (Fsp3) is 0.0690. The topological polar surface area (TPSA) is 70.7 Å². The van der Waals surface area contributed by atoms with Gasteiger partial charge in [-0.2, -0.15) is 4.99 Å². The molecule has 6 rings (SSSR count). The number of carbonyl (C=O) groups is 1. The van der Waals surface area contributed by atoms with Crippen LogP contribution in [-0.2, 0) is 11.3 Å². The standard InChI is InChI=1S/C29H21ClN4O2S/c30-21-10-12-22(13-11-21)36-15-14-33-17-20(23-8-4-5-9-25(23)33)16-24-27(31)34-26(19-6-2-1-3-7-19)18-37-29(34)32-28(24)35/h1-13,16-18,31H,14-15H2. The molecule has 0 radical (unpaired) electrons. The number of benzene rings is 3. The van der Waals surface area contributed by atoms with Crippen molar-refractivity contribution in [2.24, 2.45) is 4.99 Å². The van der Waals surface area contributed by atoms with Crippen molar-refractivity contribution >= 4 is 62.9 Å². The van der Waals surface area contributed by atoms with Crippen LogP contribution in [0.15, 0.2) is 101 Å². The first-order valence-electron chi connectivity index (χ1n) is 11.7. The van der Waals surface area contributed by atoms with Crippen molar-refractivity contribution in [3.8, 4) is 5.75 Å². The first-order valence-corrected chi connectivity index (χ1v) is 13.0. The minimum absolute atomic E-state index is 0.123. The number of carbonyl (C=O) groups excluding carboxylic acids is 1. The van der Waals surface area contributed by atoms with Gasteiger partial charge in [0.1, 0.15) is 18.2 Å². The van der Waals surface area contributed by atoms with Gasteiger partial charge in [0.25, 0.3) is 5.91 Å². The maximum atomic E-state index is 13.0. The summed E-state index contributed by atoms with van der Waals surface area (Å²) in [6.07, 6.45) is 3.77. The third-order valence-electron chi connectivity index (χ3n) is 6.22. The maximum Gasteiger partial charge on any atom is 0.283 e. The number of ether oxygens (including phenoxy) is 1. The van der Waals surface area contributed by atoms with Crippen molar-refractivity contribution < 1.29 is 9.53 Å². The number of amidine groups is 2. The average Bonchev–Trinajstić information content (AvgIpc) is 3.50. The van der Waals surface area contributed by atoms with E-state index in [9.17, 15) is 4.79 Å². The third-order valence-corrected chi connectivity index (χ3v) is 7.30. The van der Waals surface area contributed by atoms with Gasteiger partial charge in [-0.1, -0.05) is 71.9 Å². The fourth-order valence-corrected chi connectivity index (χ4v) is 5.45. The van der Waals surface area contributed by atoms with Crippen molar-refractivity contribution in [2.75, 3.05) is 6.61 Å². The molecule has 2 aliphatic rings. The Morgan fingerprint density at radius 3 is 2.57 bits per heavy atom. The number of rotatable bonds is 6. The van der Waals surface area contributed by atoms with Crippen LogP contribution in [0.1, 0.15) is 11.1 Å². The molecule has 0 saturated heterocycles. The average molecular weight is 525 g/mol. The summed E-state index contributed by atoms with van der Waals surface area (Å²) >= 11 is 7.32. The molecule has 6 nitrogen and oxygen atoms in total. The number of fused-ring (bicyclic) bond motifs is 2. The molecule has 0 unspecified atom stereocenters. The van der Waals surface area contributed by atoms with Gasteiger partial charge in [-0.3, -0.25) is 15.1 Å². The Morgan fingerprint density at radius 1 is 1.00 bits per heavy atom. The van der Waals surface area contributed by atoms with Crippen LogP contribution in [0.2, 0.25) is 5.02 Å². The molecule has 8 heteroatoms. The Labute approximate surface area is 223 Å². The SMILES string of the molecule is N=C1C(=Cc2cn(CCOc3ccc(Cl)cc3)c3ccccc23)C(=O)N=C2SC=C(c3ccccc3)N12. The van der Waals surface area contributed by atoms with Crippen LogP contribution < -0.4 is 4.74 Å². The predicted octanol–water partition coefficient (Wildman–Crippen LogP) is 6.68. The number of aromatic nitrogens is 1. The Morgan fingerprint density at radius 2 is 1.76 bits per heavy atom. The molecule has 4 aromatic rings. The zero-order valence-electron chi connectivity index (χ0n) is 19.6. The second-order valence-corrected chi connectivity index (χ2v) is 9.80. The molecule has 1 N–H and O–H groups in total. The molecule has 182 valence electrons. The highest BCUT2D eigenvalue weighted by molar-refractivity contribution is 8.17. The third kappa shape index (κ3) is 4.48. The minimum Gasteiger partial charge on any atom is -0.492 e. The van der Waals surface area contributed by atoms with E-state index in [4.69, 9.17) is 21.7 Å². The number of nitrogens with one attached hydrogen (secondary N) is 1. The lowest BCUT2D eigenvalue weighted by molar-refractivity contribution is -0.114. The summed E-state index contributed by atoms with van der Waals surface area (Å²) in [5.74, 6) is 0.469. The molecule has 0 aliphatic carbocycles.